The van der Waals surface area contributed by atoms with Crippen molar-refractivity contribution in [2.45, 2.75) is 45.9 Å². The van der Waals surface area contributed by atoms with Crippen LogP contribution in [-0.4, -0.2) is 29.4 Å². The second-order valence-electron chi connectivity index (χ2n) is 7.81. The molecule has 0 saturated carbocycles. The first-order valence-electron chi connectivity index (χ1n) is 10.9. The molecule has 1 aromatic heterocycles. The highest BCUT2D eigenvalue weighted by atomic mass is 35.5. The predicted molar refractivity (Wildman–Crippen MR) is 128 cm³/mol. The molecule has 4 rings (SSSR count). The maximum Gasteiger partial charge on any atom is 0.277 e. The first-order valence-corrected chi connectivity index (χ1v) is 11.3. The highest BCUT2D eigenvalue weighted by molar-refractivity contribution is 6.33. The Kier molecular flexibility index (Phi) is 6.53. The van der Waals surface area contributed by atoms with Crippen molar-refractivity contribution in [3.8, 4) is 17.1 Å². The van der Waals surface area contributed by atoms with Gasteiger partial charge in [0, 0.05) is 25.1 Å². The molecule has 0 saturated heterocycles. The minimum atomic E-state index is -0.124. The van der Waals surface area contributed by atoms with Gasteiger partial charge in [0.25, 0.3) is 5.56 Å². The predicted octanol–water partition coefficient (Wildman–Crippen LogP) is 5.02. The highest BCUT2D eigenvalue weighted by Gasteiger charge is 2.34. The number of aryl methyl sites for hydroxylation is 1. The second-order valence-corrected chi connectivity index (χ2v) is 8.22. The van der Waals surface area contributed by atoms with Crippen molar-refractivity contribution in [1.82, 2.24) is 9.55 Å². The van der Waals surface area contributed by atoms with E-state index in [1.807, 2.05) is 45.0 Å². The number of halogens is 1. The normalized spacial score (nSPS) is 17.3. The molecule has 2 atom stereocenters. The monoisotopic (exact) mass is 453 g/mol. The van der Waals surface area contributed by atoms with Gasteiger partial charge in [-0.25, -0.2) is 4.98 Å². The van der Waals surface area contributed by atoms with E-state index in [1.165, 1.54) is 5.56 Å². The Balaban J connectivity index is 1.77. The number of aromatic nitrogens is 2. The first kappa shape index (κ1) is 22.4. The van der Waals surface area contributed by atoms with E-state index in [0.29, 0.717) is 46.7 Å². The van der Waals surface area contributed by atoms with Crippen LogP contribution >= 0.6 is 11.6 Å². The van der Waals surface area contributed by atoms with E-state index in [1.54, 1.807) is 17.7 Å². The maximum absolute atomic E-state index is 13.6. The van der Waals surface area contributed by atoms with E-state index in [0.717, 1.165) is 12.0 Å². The molecule has 1 aliphatic carbocycles. The number of fused-ring (bicyclic) bond motifs is 1. The maximum atomic E-state index is 13.6. The van der Waals surface area contributed by atoms with Crippen molar-refractivity contribution >= 4 is 17.3 Å². The summed E-state index contributed by atoms with van der Waals surface area (Å²) in [4.78, 5) is 18.4. The molecule has 0 spiro atoms. The van der Waals surface area contributed by atoms with Gasteiger partial charge in [-0.1, -0.05) is 35.9 Å². The lowest BCUT2D eigenvalue weighted by Gasteiger charge is -2.24. The molecule has 168 valence electrons. The number of anilines is 1. The lowest BCUT2D eigenvalue weighted by Crippen LogP contribution is -2.31. The molecule has 0 bridgehead atoms. The molecule has 6 nitrogen and oxygen atoms in total. The molecule has 7 heteroatoms. The van der Waals surface area contributed by atoms with Gasteiger partial charge in [-0.2, -0.15) is 0 Å². The van der Waals surface area contributed by atoms with Crippen molar-refractivity contribution in [2.24, 2.45) is 0 Å². The molecular formula is C25H28ClN3O3. The second kappa shape index (κ2) is 9.35. The lowest BCUT2D eigenvalue weighted by molar-refractivity contribution is 0.0574. The van der Waals surface area contributed by atoms with Crippen LogP contribution in [0.5, 0.6) is 5.75 Å². The molecule has 1 N–H and O–H groups in total. The molecular weight excluding hydrogens is 426 g/mol. The van der Waals surface area contributed by atoms with Crippen LogP contribution in [0, 0.1) is 6.92 Å². The van der Waals surface area contributed by atoms with Crippen LogP contribution in [0.15, 0.2) is 47.3 Å². The minimum absolute atomic E-state index is 0.0398. The average Bonchev–Trinajstić information content (AvgIpc) is 3.13. The average molecular weight is 454 g/mol. The zero-order chi connectivity index (χ0) is 22.8. The van der Waals surface area contributed by atoms with Crippen LogP contribution in [0.4, 0.5) is 5.69 Å². The van der Waals surface area contributed by atoms with Gasteiger partial charge >= 0.3 is 0 Å². The number of rotatable bonds is 7. The smallest absolute Gasteiger partial charge is 0.277 e. The number of nitrogens with zero attached hydrogens (tertiary/aromatic N) is 2. The van der Waals surface area contributed by atoms with Gasteiger partial charge in [0.05, 0.1) is 30.0 Å². The first-order chi connectivity index (χ1) is 15.5. The van der Waals surface area contributed by atoms with Crippen LogP contribution in [0.1, 0.15) is 36.7 Å². The Morgan fingerprint density at radius 2 is 2.00 bits per heavy atom. The molecule has 0 aliphatic heterocycles. The Hall–Kier alpha value is -2.83. The SMILES string of the molecule is CCO[C@H]1Cc2ccccc2[C@H]1Nc1c(C)nc(-c2ccc(OC)cc2Cl)n(CC)c1=O. The summed E-state index contributed by atoms with van der Waals surface area (Å²) in [6, 6.07) is 13.5. The molecule has 0 amide bonds. The van der Waals surface area contributed by atoms with Gasteiger partial charge in [0.1, 0.15) is 17.3 Å². The fourth-order valence-corrected chi connectivity index (χ4v) is 4.64. The molecule has 1 aliphatic rings. The summed E-state index contributed by atoms with van der Waals surface area (Å²) < 4.78 is 12.9. The van der Waals surface area contributed by atoms with Gasteiger partial charge in [0.15, 0.2) is 0 Å². The number of hydrogen-bond acceptors (Lipinski definition) is 5. The lowest BCUT2D eigenvalue weighted by atomic mass is 10.1. The van der Waals surface area contributed by atoms with Crippen LogP contribution in [-0.2, 0) is 17.7 Å². The Labute approximate surface area is 193 Å². The van der Waals surface area contributed by atoms with E-state index in [-0.39, 0.29) is 17.7 Å². The summed E-state index contributed by atoms with van der Waals surface area (Å²) >= 11 is 6.50. The van der Waals surface area contributed by atoms with Crippen LogP contribution in [0.2, 0.25) is 5.02 Å². The Bertz CT molecular complexity index is 1190. The highest BCUT2D eigenvalue weighted by Crippen LogP contribution is 2.36. The Morgan fingerprint density at radius 1 is 1.22 bits per heavy atom. The van der Waals surface area contributed by atoms with Crippen molar-refractivity contribution in [3.05, 3.63) is 74.7 Å². The summed E-state index contributed by atoms with van der Waals surface area (Å²) in [6.07, 6.45) is 0.775. The third-order valence-electron chi connectivity index (χ3n) is 5.95. The number of methoxy groups -OCH3 is 1. The number of nitrogens with one attached hydrogen (secondary N) is 1. The number of hydrogen-bond donors (Lipinski definition) is 1. The molecule has 0 fully saturated rings. The summed E-state index contributed by atoms with van der Waals surface area (Å²) in [6.45, 7) is 6.85. The molecule has 32 heavy (non-hydrogen) atoms. The van der Waals surface area contributed by atoms with E-state index in [4.69, 9.17) is 26.1 Å². The Morgan fingerprint density at radius 3 is 2.69 bits per heavy atom. The summed E-state index contributed by atoms with van der Waals surface area (Å²) in [5, 5.41) is 3.97. The zero-order valence-corrected chi connectivity index (χ0v) is 19.6. The van der Waals surface area contributed by atoms with Crippen molar-refractivity contribution in [2.75, 3.05) is 19.0 Å². The van der Waals surface area contributed by atoms with E-state index >= 15 is 0 Å². The third kappa shape index (κ3) is 4.00. The van der Waals surface area contributed by atoms with Crippen LogP contribution in [0.3, 0.4) is 0 Å². The third-order valence-corrected chi connectivity index (χ3v) is 6.26. The standard InChI is InChI=1S/C25H28ClN3O3/c1-5-29-24(19-12-11-17(31-4)14-20(19)26)27-15(3)22(25(29)30)28-23-18-10-8-7-9-16(18)13-21(23)32-6-2/h7-12,14,21,23,28H,5-6,13H2,1-4H3/t21-,23+/m0/s1. The summed E-state index contributed by atoms with van der Waals surface area (Å²) in [5.74, 6) is 1.20. The van der Waals surface area contributed by atoms with Gasteiger partial charge in [-0.15, -0.1) is 0 Å². The molecule has 1 heterocycles. The van der Waals surface area contributed by atoms with Gasteiger partial charge in [-0.3, -0.25) is 9.36 Å². The minimum Gasteiger partial charge on any atom is -0.497 e. The van der Waals surface area contributed by atoms with Crippen LogP contribution < -0.4 is 15.6 Å². The molecule has 2 aromatic carbocycles. The van der Waals surface area contributed by atoms with Crippen LogP contribution in [0.25, 0.3) is 11.4 Å². The topological polar surface area (TPSA) is 65.4 Å². The van der Waals surface area contributed by atoms with Gasteiger partial charge in [-0.05, 0) is 50.1 Å². The summed E-state index contributed by atoms with van der Waals surface area (Å²) in [7, 11) is 1.59. The fourth-order valence-electron chi connectivity index (χ4n) is 4.38. The fraction of sp³-hybridized carbons (Fsp3) is 0.360. The van der Waals surface area contributed by atoms with E-state index < -0.39 is 0 Å². The zero-order valence-electron chi connectivity index (χ0n) is 18.8. The molecule has 3 aromatic rings. The van der Waals surface area contributed by atoms with Crippen molar-refractivity contribution < 1.29 is 9.47 Å². The van der Waals surface area contributed by atoms with E-state index in [2.05, 4.69) is 17.4 Å². The quantitative estimate of drug-likeness (QED) is 0.544. The molecule has 0 unspecified atom stereocenters. The number of benzene rings is 2. The van der Waals surface area contributed by atoms with Crippen molar-refractivity contribution in [1.29, 1.82) is 0 Å². The van der Waals surface area contributed by atoms with Gasteiger partial charge < -0.3 is 14.8 Å². The van der Waals surface area contributed by atoms with Gasteiger partial charge in [0.2, 0.25) is 0 Å². The number of ether oxygens (including phenoxy) is 2. The molecule has 0 radical (unpaired) electrons. The largest absolute Gasteiger partial charge is 0.497 e. The van der Waals surface area contributed by atoms with E-state index in [9.17, 15) is 4.79 Å². The summed E-state index contributed by atoms with van der Waals surface area (Å²) in [5.41, 5.74) is 4.09. The van der Waals surface area contributed by atoms with Crippen molar-refractivity contribution in [3.63, 3.8) is 0 Å².